The molecule has 0 spiro atoms. The summed E-state index contributed by atoms with van der Waals surface area (Å²) in [5.41, 5.74) is 7.45. The van der Waals surface area contributed by atoms with Crippen molar-refractivity contribution in [2.24, 2.45) is 5.73 Å². The number of anilines is 1. The minimum absolute atomic E-state index is 0.412. The summed E-state index contributed by atoms with van der Waals surface area (Å²) in [5.74, 6) is 1.33. The van der Waals surface area contributed by atoms with Gasteiger partial charge in [0.2, 0.25) is 5.88 Å². The molecular weight excluding hydrogens is 226 g/mol. The topological polar surface area (TPSA) is 51.4 Å². The third-order valence-corrected chi connectivity index (χ3v) is 2.55. The molecule has 0 bridgehead atoms. The summed E-state index contributed by atoms with van der Waals surface area (Å²) in [6, 6.07) is 13.4. The Kier molecular flexibility index (Phi) is 3.79. The Morgan fingerprint density at radius 2 is 1.94 bits per heavy atom. The van der Waals surface area contributed by atoms with Crippen LogP contribution in [-0.4, -0.2) is 19.1 Å². The van der Waals surface area contributed by atoms with Crippen LogP contribution in [0.5, 0.6) is 11.6 Å². The van der Waals surface area contributed by atoms with E-state index in [1.165, 1.54) is 0 Å². The van der Waals surface area contributed by atoms with Crippen LogP contribution in [0.4, 0.5) is 5.69 Å². The molecule has 0 fully saturated rings. The smallest absolute Gasteiger partial charge is 0.219 e. The molecule has 0 unspecified atom stereocenters. The van der Waals surface area contributed by atoms with E-state index < -0.39 is 0 Å². The Hall–Kier alpha value is -2.07. The molecule has 94 valence electrons. The molecule has 4 heteroatoms. The van der Waals surface area contributed by atoms with Gasteiger partial charge in [0.05, 0.1) is 5.69 Å². The van der Waals surface area contributed by atoms with Crippen molar-refractivity contribution in [1.82, 2.24) is 4.98 Å². The normalized spacial score (nSPS) is 10.2. The summed E-state index contributed by atoms with van der Waals surface area (Å²) in [6.07, 6.45) is 0. The largest absolute Gasteiger partial charge is 0.439 e. The highest BCUT2D eigenvalue weighted by atomic mass is 16.5. The molecule has 0 aliphatic rings. The molecule has 4 nitrogen and oxygen atoms in total. The number of ether oxygens (including phenoxy) is 1. The standard InChI is InChI=1S/C14H17N3O/c1-17(2)12-6-4-7-13(9-12)18-14-8-3-5-11(10-15)16-14/h3-9H,10,15H2,1-2H3. The molecule has 0 radical (unpaired) electrons. The molecule has 0 amide bonds. The van der Waals surface area contributed by atoms with Gasteiger partial charge in [0.25, 0.3) is 0 Å². The molecule has 2 N–H and O–H groups in total. The lowest BCUT2D eigenvalue weighted by Gasteiger charge is -2.13. The fourth-order valence-corrected chi connectivity index (χ4v) is 1.57. The number of hydrogen-bond donors (Lipinski definition) is 1. The third kappa shape index (κ3) is 2.99. The first kappa shape index (κ1) is 12.4. The summed E-state index contributed by atoms with van der Waals surface area (Å²) in [6.45, 7) is 0.412. The zero-order chi connectivity index (χ0) is 13.0. The highest BCUT2D eigenvalue weighted by Gasteiger charge is 2.02. The first-order valence-corrected chi connectivity index (χ1v) is 5.80. The van der Waals surface area contributed by atoms with Crippen LogP contribution in [0.3, 0.4) is 0 Å². The fourth-order valence-electron chi connectivity index (χ4n) is 1.57. The number of pyridine rings is 1. The minimum atomic E-state index is 0.412. The minimum Gasteiger partial charge on any atom is -0.439 e. The van der Waals surface area contributed by atoms with Crippen molar-refractivity contribution >= 4 is 5.69 Å². The van der Waals surface area contributed by atoms with Crippen LogP contribution >= 0.6 is 0 Å². The van der Waals surface area contributed by atoms with Gasteiger partial charge in [-0.2, -0.15) is 0 Å². The SMILES string of the molecule is CN(C)c1cccc(Oc2cccc(CN)n2)c1. The van der Waals surface area contributed by atoms with Gasteiger partial charge in [-0.05, 0) is 18.2 Å². The molecule has 2 aromatic rings. The average molecular weight is 243 g/mol. The van der Waals surface area contributed by atoms with Crippen molar-refractivity contribution in [2.45, 2.75) is 6.54 Å². The van der Waals surface area contributed by atoms with E-state index in [4.69, 9.17) is 10.5 Å². The number of aromatic nitrogens is 1. The molecule has 2 rings (SSSR count). The molecule has 0 aliphatic heterocycles. The van der Waals surface area contributed by atoms with Gasteiger partial charge in [0.1, 0.15) is 5.75 Å². The molecule has 1 aromatic carbocycles. The van der Waals surface area contributed by atoms with E-state index in [0.717, 1.165) is 17.1 Å². The lowest BCUT2D eigenvalue weighted by molar-refractivity contribution is 0.461. The molecule has 0 aliphatic carbocycles. The Balaban J connectivity index is 2.20. The summed E-state index contributed by atoms with van der Waals surface area (Å²) in [4.78, 5) is 6.32. The first-order valence-electron chi connectivity index (χ1n) is 5.80. The predicted molar refractivity (Wildman–Crippen MR) is 73.0 cm³/mol. The lowest BCUT2D eigenvalue weighted by Crippen LogP contribution is -2.08. The molecule has 0 saturated heterocycles. The monoisotopic (exact) mass is 243 g/mol. The summed E-state index contributed by atoms with van der Waals surface area (Å²) < 4.78 is 5.72. The average Bonchev–Trinajstić information content (AvgIpc) is 2.39. The van der Waals surface area contributed by atoms with Gasteiger partial charge in [0, 0.05) is 38.5 Å². The van der Waals surface area contributed by atoms with Gasteiger partial charge >= 0.3 is 0 Å². The van der Waals surface area contributed by atoms with E-state index in [2.05, 4.69) is 4.98 Å². The Labute approximate surface area is 107 Å². The second-order valence-electron chi connectivity index (χ2n) is 4.17. The van der Waals surface area contributed by atoms with Crippen LogP contribution in [0.15, 0.2) is 42.5 Å². The molecule has 18 heavy (non-hydrogen) atoms. The van der Waals surface area contributed by atoms with Crippen LogP contribution in [0.25, 0.3) is 0 Å². The lowest BCUT2D eigenvalue weighted by atomic mass is 10.3. The predicted octanol–water partition coefficient (Wildman–Crippen LogP) is 2.40. The second kappa shape index (κ2) is 5.51. The Morgan fingerprint density at radius 3 is 2.67 bits per heavy atom. The quantitative estimate of drug-likeness (QED) is 0.895. The van der Waals surface area contributed by atoms with E-state index in [1.807, 2.05) is 61.5 Å². The van der Waals surface area contributed by atoms with E-state index in [1.54, 1.807) is 0 Å². The van der Waals surface area contributed by atoms with E-state index >= 15 is 0 Å². The van der Waals surface area contributed by atoms with Gasteiger partial charge < -0.3 is 15.4 Å². The van der Waals surface area contributed by atoms with E-state index in [-0.39, 0.29) is 0 Å². The number of hydrogen-bond acceptors (Lipinski definition) is 4. The zero-order valence-corrected chi connectivity index (χ0v) is 10.6. The number of nitrogens with two attached hydrogens (primary N) is 1. The van der Waals surface area contributed by atoms with Gasteiger partial charge in [-0.1, -0.05) is 12.1 Å². The highest BCUT2D eigenvalue weighted by Crippen LogP contribution is 2.23. The van der Waals surface area contributed by atoms with Gasteiger partial charge in [0.15, 0.2) is 0 Å². The number of rotatable bonds is 4. The van der Waals surface area contributed by atoms with Crippen molar-refractivity contribution in [1.29, 1.82) is 0 Å². The van der Waals surface area contributed by atoms with E-state index in [0.29, 0.717) is 12.4 Å². The van der Waals surface area contributed by atoms with Crippen LogP contribution in [0, 0.1) is 0 Å². The summed E-state index contributed by atoms with van der Waals surface area (Å²) in [7, 11) is 3.98. The Bertz CT molecular complexity index is 526. The fraction of sp³-hybridized carbons (Fsp3) is 0.214. The zero-order valence-electron chi connectivity index (χ0n) is 10.6. The summed E-state index contributed by atoms with van der Waals surface area (Å²) >= 11 is 0. The molecule has 1 heterocycles. The molecule has 0 atom stereocenters. The number of nitrogens with zero attached hydrogens (tertiary/aromatic N) is 2. The molecular formula is C14H17N3O. The third-order valence-electron chi connectivity index (χ3n) is 2.55. The second-order valence-corrected chi connectivity index (χ2v) is 4.17. The summed E-state index contributed by atoms with van der Waals surface area (Å²) in [5, 5.41) is 0. The van der Waals surface area contributed by atoms with Gasteiger partial charge in [-0.3, -0.25) is 0 Å². The van der Waals surface area contributed by atoms with Crippen molar-refractivity contribution in [3.63, 3.8) is 0 Å². The van der Waals surface area contributed by atoms with Crippen molar-refractivity contribution in [3.05, 3.63) is 48.2 Å². The van der Waals surface area contributed by atoms with Crippen LogP contribution in [0.1, 0.15) is 5.69 Å². The molecule has 1 aromatic heterocycles. The first-order chi connectivity index (χ1) is 8.69. The van der Waals surface area contributed by atoms with Gasteiger partial charge in [-0.25, -0.2) is 4.98 Å². The van der Waals surface area contributed by atoms with Crippen LogP contribution in [0.2, 0.25) is 0 Å². The van der Waals surface area contributed by atoms with Crippen molar-refractivity contribution < 1.29 is 4.74 Å². The maximum atomic E-state index is 5.72. The van der Waals surface area contributed by atoms with E-state index in [9.17, 15) is 0 Å². The van der Waals surface area contributed by atoms with Crippen LogP contribution in [-0.2, 0) is 6.54 Å². The molecule has 0 saturated carbocycles. The maximum Gasteiger partial charge on any atom is 0.219 e. The number of benzene rings is 1. The highest BCUT2D eigenvalue weighted by molar-refractivity contribution is 5.50. The Morgan fingerprint density at radius 1 is 1.17 bits per heavy atom. The van der Waals surface area contributed by atoms with Crippen LogP contribution < -0.4 is 15.4 Å². The maximum absolute atomic E-state index is 5.72. The van der Waals surface area contributed by atoms with Crippen molar-refractivity contribution in [2.75, 3.05) is 19.0 Å². The van der Waals surface area contributed by atoms with Crippen molar-refractivity contribution in [3.8, 4) is 11.6 Å². The van der Waals surface area contributed by atoms with Gasteiger partial charge in [-0.15, -0.1) is 0 Å².